The highest BCUT2D eigenvalue weighted by Crippen LogP contribution is 2.21. The summed E-state index contributed by atoms with van der Waals surface area (Å²) in [5.74, 6) is 0.313. The molecular formula is C20H25N3O3. The van der Waals surface area contributed by atoms with E-state index in [1.54, 1.807) is 24.3 Å². The molecule has 0 heterocycles. The van der Waals surface area contributed by atoms with E-state index in [2.05, 4.69) is 10.6 Å². The molecule has 0 fully saturated rings. The fourth-order valence-electron chi connectivity index (χ4n) is 2.55. The molecule has 0 aromatic heterocycles. The molecule has 0 aliphatic carbocycles. The number of carbonyl (C=O) groups excluding carboxylic acids is 2. The Morgan fingerprint density at radius 2 is 1.81 bits per heavy atom. The molecule has 4 N–H and O–H groups in total. The zero-order valence-electron chi connectivity index (χ0n) is 15.3. The van der Waals surface area contributed by atoms with Crippen LogP contribution in [0, 0.1) is 0 Å². The van der Waals surface area contributed by atoms with Gasteiger partial charge in [0.15, 0.2) is 0 Å². The van der Waals surface area contributed by atoms with E-state index in [9.17, 15) is 9.59 Å². The minimum absolute atomic E-state index is 0.0700. The molecule has 1 unspecified atom stereocenters. The first kappa shape index (κ1) is 19.3. The van der Waals surface area contributed by atoms with Gasteiger partial charge in [-0.25, -0.2) is 4.79 Å². The predicted octanol–water partition coefficient (Wildman–Crippen LogP) is 3.38. The molecule has 1 atom stereocenters. The van der Waals surface area contributed by atoms with Gasteiger partial charge in [-0.2, -0.15) is 0 Å². The van der Waals surface area contributed by atoms with Crippen LogP contribution in [0.5, 0.6) is 5.75 Å². The van der Waals surface area contributed by atoms with E-state index in [1.807, 2.05) is 45.0 Å². The minimum atomic E-state index is -0.449. The summed E-state index contributed by atoms with van der Waals surface area (Å²) in [5.41, 5.74) is 7.42. The first-order chi connectivity index (χ1) is 12.3. The highest BCUT2D eigenvalue weighted by Gasteiger charge is 2.13. The standard InChI is InChI=1S/C20H25N3O3/c1-13(2)26-17-9-6-8-15(11-17)14(3)22-20(25)23-18-10-5-4-7-16(18)12-19(21)24/h4-11,13-14H,12H2,1-3H3,(H2,21,24)(H2,22,23,25). The number of hydrogen-bond acceptors (Lipinski definition) is 3. The Kier molecular flexibility index (Phi) is 6.60. The number of para-hydroxylation sites is 1. The summed E-state index contributed by atoms with van der Waals surface area (Å²) in [5, 5.41) is 5.66. The number of benzene rings is 2. The van der Waals surface area contributed by atoms with Gasteiger partial charge >= 0.3 is 6.03 Å². The Morgan fingerprint density at radius 3 is 2.50 bits per heavy atom. The van der Waals surface area contributed by atoms with E-state index in [0.29, 0.717) is 11.3 Å². The molecule has 0 aliphatic rings. The summed E-state index contributed by atoms with van der Waals surface area (Å²) >= 11 is 0. The van der Waals surface area contributed by atoms with Gasteiger partial charge in [-0.1, -0.05) is 30.3 Å². The number of ether oxygens (including phenoxy) is 1. The molecule has 0 radical (unpaired) electrons. The van der Waals surface area contributed by atoms with Gasteiger partial charge in [0.25, 0.3) is 0 Å². The number of amides is 3. The van der Waals surface area contributed by atoms with Crippen molar-refractivity contribution in [3.63, 3.8) is 0 Å². The summed E-state index contributed by atoms with van der Waals surface area (Å²) in [4.78, 5) is 23.5. The number of rotatable bonds is 7. The smallest absolute Gasteiger partial charge is 0.319 e. The lowest BCUT2D eigenvalue weighted by molar-refractivity contribution is -0.117. The third kappa shape index (κ3) is 5.81. The molecule has 3 amide bonds. The monoisotopic (exact) mass is 355 g/mol. The molecule has 138 valence electrons. The van der Waals surface area contributed by atoms with E-state index >= 15 is 0 Å². The van der Waals surface area contributed by atoms with Crippen LogP contribution in [0.15, 0.2) is 48.5 Å². The van der Waals surface area contributed by atoms with Crippen molar-refractivity contribution in [2.24, 2.45) is 5.73 Å². The Bertz CT molecular complexity index is 774. The van der Waals surface area contributed by atoms with Crippen molar-refractivity contribution in [1.82, 2.24) is 5.32 Å². The number of hydrogen-bond donors (Lipinski definition) is 3. The van der Waals surface area contributed by atoms with Crippen molar-refractivity contribution >= 4 is 17.6 Å². The van der Waals surface area contributed by atoms with Crippen LogP contribution in [-0.4, -0.2) is 18.0 Å². The molecule has 2 aromatic carbocycles. The zero-order valence-corrected chi connectivity index (χ0v) is 15.3. The number of urea groups is 1. The maximum Gasteiger partial charge on any atom is 0.319 e. The number of carbonyl (C=O) groups is 2. The van der Waals surface area contributed by atoms with E-state index in [-0.39, 0.29) is 24.6 Å². The van der Waals surface area contributed by atoms with E-state index < -0.39 is 5.91 Å². The molecule has 2 rings (SSSR count). The van der Waals surface area contributed by atoms with Gasteiger partial charge < -0.3 is 21.1 Å². The number of anilines is 1. The third-order valence-electron chi connectivity index (χ3n) is 3.71. The fraction of sp³-hybridized carbons (Fsp3) is 0.300. The largest absolute Gasteiger partial charge is 0.491 e. The van der Waals surface area contributed by atoms with Gasteiger partial charge in [0.05, 0.1) is 18.6 Å². The highest BCUT2D eigenvalue weighted by molar-refractivity contribution is 5.91. The molecule has 0 saturated heterocycles. The summed E-state index contributed by atoms with van der Waals surface area (Å²) in [7, 11) is 0. The maximum atomic E-state index is 12.3. The zero-order chi connectivity index (χ0) is 19.1. The SMILES string of the molecule is CC(C)Oc1cccc(C(C)NC(=O)Nc2ccccc2CC(N)=O)c1. The average molecular weight is 355 g/mol. The van der Waals surface area contributed by atoms with Crippen LogP contribution in [0.1, 0.15) is 37.9 Å². The van der Waals surface area contributed by atoms with Crippen molar-refractivity contribution in [3.8, 4) is 5.75 Å². The fourth-order valence-corrected chi connectivity index (χ4v) is 2.55. The molecule has 6 nitrogen and oxygen atoms in total. The van der Waals surface area contributed by atoms with Crippen LogP contribution in [0.4, 0.5) is 10.5 Å². The predicted molar refractivity (Wildman–Crippen MR) is 102 cm³/mol. The van der Waals surface area contributed by atoms with Crippen LogP contribution in [0.3, 0.4) is 0 Å². The number of nitrogens with one attached hydrogen (secondary N) is 2. The second-order valence-electron chi connectivity index (χ2n) is 6.36. The quantitative estimate of drug-likeness (QED) is 0.711. The lowest BCUT2D eigenvalue weighted by Gasteiger charge is -2.18. The summed E-state index contributed by atoms with van der Waals surface area (Å²) in [6.07, 6.45) is 0.152. The van der Waals surface area contributed by atoms with Gasteiger partial charge in [0.1, 0.15) is 5.75 Å². The molecule has 0 saturated carbocycles. The third-order valence-corrected chi connectivity index (χ3v) is 3.71. The maximum absolute atomic E-state index is 12.3. The summed E-state index contributed by atoms with van der Waals surface area (Å²) in [6.45, 7) is 5.82. The second kappa shape index (κ2) is 8.89. The van der Waals surface area contributed by atoms with Gasteiger partial charge in [0, 0.05) is 5.69 Å². The van der Waals surface area contributed by atoms with Crippen molar-refractivity contribution in [2.45, 2.75) is 39.3 Å². The van der Waals surface area contributed by atoms with Crippen LogP contribution >= 0.6 is 0 Å². The molecule has 2 aromatic rings. The van der Waals surface area contributed by atoms with Crippen molar-refractivity contribution < 1.29 is 14.3 Å². The number of primary amides is 1. The molecular weight excluding hydrogens is 330 g/mol. The van der Waals surface area contributed by atoms with Crippen LogP contribution in [-0.2, 0) is 11.2 Å². The lowest BCUT2D eigenvalue weighted by Crippen LogP contribution is -2.31. The Balaban J connectivity index is 2.03. The van der Waals surface area contributed by atoms with Gasteiger partial charge in [-0.15, -0.1) is 0 Å². The van der Waals surface area contributed by atoms with Gasteiger partial charge in [-0.3, -0.25) is 4.79 Å². The Labute approximate surface area is 153 Å². The molecule has 6 heteroatoms. The van der Waals surface area contributed by atoms with Gasteiger partial charge in [0.2, 0.25) is 5.91 Å². The topological polar surface area (TPSA) is 93.4 Å². The molecule has 0 spiro atoms. The van der Waals surface area contributed by atoms with Crippen LogP contribution in [0.2, 0.25) is 0 Å². The molecule has 0 aliphatic heterocycles. The summed E-state index contributed by atoms with van der Waals surface area (Å²) in [6, 6.07) is 14.1. The second-order valence-corrected chi connectivity index (χ2v) is 6.36. The number of nitrogens with two attached hydrogens (primary N) is 1. The van der Waals surface area contributed by atoms with Crippen molar-refractivity contribution in [2.75, 3.05) is 5.32 Å². The Morgan fingerprint density at radius 1 is 1.08 bits per heavy atom. The molecule has 26 heavy (non-hydrogen) atoms. The van der Waals surface area contributed by atoms with Crippen molar-refractivity contribution in [1.29, 1.82) is 0 Å². The van der Waals surface area contributed by atoms with E-state index in [0.717, 1.165) is 11.3 Å². The van der Waals surface area contributed by atoms with Crippen LogP contribution < -0.4 is 21.1 Å². The first-order valence-electron chi connectivity index (χ1n) is 8.55. The lowest BCUT2D eigenvalue weighted by atomic mass is 10.1. The normalized spacial score (nSPS) is 11.7. The Hall–Kier alpha value is -3.02. The average Bonchev–Trinajstić information content (AvgIpc) is 2.55. The van der Waals surface area contributed by atoms with Crippen molar-refractivity contribution in [3.05, 3.63) is 59.7 Å². The van der Waals surface area contributed by atoms with Crippen LogP contribution in [0.25, 0.3) is 0 Å². The van der Waals surface area contributed by atoms with Gasteiger partial charge in [-0.05, 0) is 50.1 Å². The minimum Gasteiger partial charge on any atom is -0.491 e. The first-order valence-corrected chi connectivity index (χ1v) is 8.55. The summed E-state index contributed by atoms with van der Waals surface area (Å²) < 4.78 is 5.69. The van der Waals surface area contributed by atoms with E-state index in [4.69, 9.17) is 10.5 Å². The molecule has 0 bridgehead atoms. The van der Waals surface area contributed by atoms with E-state index in [1.165, 1.54) is 0 Å². The highest BCUT2D eigenvalue weighted by atomic mass is 16.5.